The molecule has 0 spiro atoms. The van der Waals surface area contributed by atoms with Crippen molar-refractivity contribution in [3.63, 3.8) is 0 Å². The number of hydrogen-bond donors (Lipinski definition) is 0. The highest BCUT2D eigenvalue weighted by Crippen LogP contribution is 2.38. The van der Waals surface area contributed by atoms with Crippen LogP contribution >= 0.6 is 22.6 Å². The first-order valence-electron chi connectivity index (χ1n) is 9.72. The quantitative estimate of drug-likeness (QED) is 0.372. The molecule has 4 rings (SSSR count). The second-order valence-corrected chi connectivity index (χ2v) is 8.55. The van der Waals surface area contributed by atoms with Gasteiger partial charge in [0.2, 0.25) is 0 Å². The van der Waals surface area contributed by atoms with Crippen LogP contribution in [-0.2, 0) is 6.42 Å². The molecule has 0 N–H and O–H groups in total. The number of rotatable bonds is 4. The van der Waals surface area contributed by atoms with E-state index < -0.39 is 0 Å². The first kappa shape index (κ1) is 17.4. The Bertz CT molecular complexity index is 713. The molecule has 2 aliphatic rings. The van der Waals surface area contributed by atoms with E-state index in [0.717, 1.165) is 28.4 Å². The molecule has 1 aliphatic heterocycles. The molecule has 1 nitrogen and oxygen atoms in total. The molecule has 2 heteroatoms. The van der Waals surface area contributed by atoms with Crippen LogP contribution < -0.4 is 4.74 Å². The van der Waals surface area contributed by atoms with Crippen LogP contribution in [0, 0.1) is 5.92 Å². The molecule has 2 aromatic carbocycles. The Hall–Kier alpha value is -1.03. The van der Waals surface area contributed by atoms with Crippen molar-refractivity contribution >= 4 is 22.6 Å². The summed E-state index contributed by atoms with van der Waals surface area (Å²) in [6, 6.07) is 16.0. The number of fused-ring (bicyclic) bond motifs is 1. The molecule has 0 amide bonds. The highest BCUT2D eigenvalue weighted by molar-refractivity contribution is 14.1. The summed E-state index contributed by atoms with van der Waals surface area (Å²) in [7, 11) is 0. The van der Waals surface area contributed by atoms with Crippen LogP contribution in [0.3, 0.4) is 0 Å². The smallest absolute Gasteiger partial charge is 0.123 e. The van der Waals surface area contributed by atoms with Gasteiger partial charge in [0.1, 0.15) is 11.9 Å². The lowest BCUT2D eigenvalue weighted by atomic mass is 9.77. The van der Waals surface area contributed by atoms with Crippen molar-refractivity contribution in [3.8, 4) is 16.9 Å². The maximum absolute atomic E-state index is 6.05. The van der Waals surface area contributed by atoms with Gasteiger partial charge in [-0.15, -0.1) is 0 Å². The minimum Gasteiger partial charge on any atom is -0.489 e. The summed E-state index contributed by atoms with van der Waals surface area (Å²) in [5.41, 5.74) is 5.46. The lowest BCUT2D eigenvalue weighted by Crippen LogP contribution is -2.13. The van der Waals surface area contributed by atoms with Gasteiger partial charge in [-0.25, -0.2) is 0 Å². The fourth-order valence-electron chi connectivity index (χ4n) is 4.42. The minimum atomic E-state index is 0.353. The molecular weight excluding hydrogens is 419 g/mol. The summed E-state index contributed by atoms with van der Waals surface area (Å²) in [6.45, 7) is 2.34. The molecule has 25 heavy (non-hydrogen) atoms. The first-order chi connectivity index (χ1) is 12.3. The maximum atomic E-state index is 6.05. The second kappa shape index (κ2) is 7.69. The zero-order valence-corrected chi connectivity index (χ0v) is 17.2. The molecule has 1 saturated carbocycles. The average Bonchev–Trinajstić information content (AvgIpc) is 3.10. The topological polar surface area (TPSA) is 9.23 Å². The van der Waals surface area contributed by atoms with Crippen LogP contribution in [0.15, 0.2) is 42.5 Å². The van der Waals surface area contributed by atoms with Crippen LogP contribution in [-0.4, -0.2) is 10.5 Å². The number of alkyl halides is 1. The Morgan fingerprint density at radius 1 is 0.960 bits per heavy atom. The lowest BCUT2D eigenvalue weighted by Gasteiger charge is -2.28. The lowest BCUT2D eigenvalue weighted by molar-refractivity contribution is 0.262. The fraction of sp³-hybridized carbons (Fsp3) is 0.478. The molecule has 1 unspecified atom stereocenters. The van der Waals surface area contributed by atoms with Crippen molar-refractivity contribution < 1.29 is 4.74 Å². The highest BCUT2D eigenvalue weighted by Gasteiger charge is 2.23. The number of benzene rings is 2. The molecule has 1 aliphatic carbocycles. The maximum Gasteiger partial charge on any atom is 0.123 e. The highest BCUT2D eigenvalue weighted by atomic mass is 127. The van der Waals surface area contributed by atoms with E-state index in [1.807, 2.05) is 0 Å². The molecule has 1 heterocycles. The predicted molar refractivity (Wildman–Crippen MR) is 114 cm³/mol. The zero-order valence-electron chi connectivity index (χ0n) is 15.0. The van der Waals surface area contributed by atoms with Crippen LogP contribution in [0.2, 0.25) is 0 Å². The van der Waals surface area contributed by atoms with E-state index in [-0.39, 0.29) is 0 Å². The van der Waals surface area contributed by atoms with E-state index in [9.17, 15) is 0 Å². The summed E-state index contributed by atoms with van der Waals surface area (Å²) in [4.78, 5) is 0. The van der Waals surface area contributed by atoms with E-state index in [4.69, 9.17) is 4.74 Å². The minimum absolute atomic E-state index is 0.353. The monoisotopic (exact) mass is 446 g/mol. The van der Waals surface area contributed by atoms with E-state index in [1.54, 1.807) is 0 Å². The Morgan fingerprint density at radius 3 is 2.36 bits per heavy atom. The Balaban J connectivity index is 1.48. The summed E-state index contributed by atoms with van der Waals surface area (Å²) in [5, 5.41) is 0. The van der Waals surface area contributed by atoms with Crippen molar-refractivity contribution in [1.29, 1.82) is 0 Å². The molecule has 0 radical (unpaired) electrons. The third-order valence-electron chi connectivity index (χ3n) is 6.12. The van der Waals surface area contributed by atoms with Gasteiger partial charge in [0.05, 0.1) is 0 Å². The molecular formula is C23H27IO. The van der Waals surface area contributed by atoms with Crippen molar-refractivity contribution in [1.82, 2.24) is 0 Å². The predicted octanol–water partition coefficient (Wildman–Crippen LogP) is 6.78. The van der Waals surface area contributed by atoms with Crippen LogP contribution in [0.5, 0.6) is 5.75 Å². The summed E-state index contributed by atoms with van der Waals surface area (Å²) in [6.07, 6.45) is 8.30. The van der Waals surface area contributed by atoms with Gasteiger partial charge in [-0.2, -0.15) is 0 Å². The molecule has 132 valence electrons. The van der Waals surface area contributed by atoms with Gasteiger partial charge in [0, 0.05) is 10.8 Å². The third-order valence-corrected chi connectivity index (χ3v) is 7.10. The average molecular weight is 446 g/mol. The van der Waals surface area contributed by atoms with Gasteiger partial charge >= 0.3 is 0 Å². The molecule has 0 aromatic heterocycles. The van der Waals surface area contributed by atoms with Crippen molar-refractivity contribution in [2.45, 2.75) is 57.5 Å². The Labute approximate surface area is 165 Å². The number of ether oxygens (including phenoxy) is 1. The Morgan fingerprint density at radius 2 is 1.68 bits per heavy atom. The summed E-state index contributed by atoms with van der Waals surface area (Å²) in [5.74, 6) is 2.82. The van der Waals surface area contributed by atoms with Gasteiger partial charge in [0.15, 0.2) is 0 Å². The largest absolute Gasteiger partial charge is 0.489 e. The van der Waals surface area contributed by atoms with E-state index in [0.29, 0.717) is 6.10 Å². The molecule has 0 saturated heterocycles. The van der Waals surface area contributed by atoms with Gasteiger partial charge in [-0.3, -0.25) is 0 Å². The summed E-state index contributed by atoms with van der Waals surface area (Å²) >= 11 is 2.41. The number of hydrogen-bond acceptors (Lipinski definition) is 1. The SMILES string of the molecule is CCC1CCC(c2ccc(-c3ccc4c(c3)OC(CI)C4)cc2)CC1. The van der Waals surface area contributed by atoms with E-state index in [1.165, 1.54) is 54.4 Å². The standard InChI is InChI=1S/C23H27IO/c1-2-16-3-5-17(6-4-16)18-7-9-19(10-8-18)20-11-12-21-13-22(15-24)25-23(21)14-20/h7-12,14,16-17,22H,2-6,13,15H2,1H3. The molecule has 0 bridgehead atoms. The van der Waals surface area contributed by atoms with Crippen molar-refractivity contribution in [3.05, 3.63) is 53.6 Å². The summed E-state index contributed by atoms with van der Waals surface area (Å²) < 4.78 is 7.10. The van der Waals surface area contributed by atoms with E-state index >= 15 is 0 Å². The van der Waals surface area contributed by atoms with Crippen LogP contribution in [0.25, 0.3) is 11.1 Å². The normalized spacial score (nSPS) is 25.4. The Kier molecular flexibility index (Phi) is 5.35. The second-order valence-electron chi connectivity index (χ2n) is 7.67. The third kappa shape index (κ3) is 3.74. The molecule has 1 atom stereocenters. The van der Waals surface area contributed by atoms with Crippen LogP contribution in [0.4, 0.5) is 0 Å². The van der Waals surface area contributed by atoms with Crippen LogP contribution in [0.1, 0.15) is 56.1 Å². The fourth-order valence-corrected chi connectivity index (χ4v) is 4.91. The van der Waals surface area contributed by atoms with E-state index in [2.05, 4.69) is 72.0 Å². The van der Waals surface area contributed by atoms with Gasteiger partial charge in [-0.1, -0.05) is 72.3 Å². The number of halogens is 1. The van der Waals surface area contributed by atoms with Gasteiger partial charge in [-0.05, 0) is 65.8 Å². The molecule has 1 fully saturated rings. The van der Waals surface area contributed by atoms with Gasteiger partial charge in [0.25, 0.3) is 0 Å². The van der Waals surface area contributed by atoms with Crippen molar-refractivity contribution in [2.24, 2.45) is 5.92 Å². The molecule has 2 aromatic rings. The van der Waals surface area contributed by atoms with Crippen molar-refractivity contribution in [2.75, 3.05) is 4.43 Å². The first-order valence-corrected chi connectivity index (χ1v) is 11.2. The van der Waals surface area contributed by atoms with Gasteiger partial charge < -0.3 is 4.74 Å². The zero-order chi connectivity index (χ0) is 17.2.